The fraction of sp³-hybridized carbons (Fsp3) is 0.600. The number of carbonyl (C=O) groups excluding carboxylic acids is 1. The molecule has 5 heteroatoms. The fourth-order valence-corrected chi connectivity index (χ4v) is 1.87. The Morgan fingerprint density at radius 1 is 1.53 bits per heavy atom. The monoisotopic (exact) mass is 227 g/mol. The first kappa shape index (κ1) is 12.1. The second-order valence-electron chi connectivity index (χ2n) is 4.15. The van der Waals surface area contributed by atoms with Gasteiger partial charge in [0.2, 0.25) is 5.91 Å². The second kappa shape index (κ2) is 4.28. The number of rotatable bonds is 3. The molecule has 0 atom stereocenters. The Hall–Kier alpha value is -0.940. The molecule has 84 valence electrons. The maximum Gasteiger partial charge on any atom is 0.239 e. The second-order valence-corrected chi connectivity index (χ2v) is 5.44. The van der Waals surface area contributed by atoms with Crippen molar-refractivity contribution in [1.29, 1.82) is 0 Å². The molecule has 3 N–H and O–H groups in total. The summed E-state index contributed by atoms with van der Waals surface area (Å²) in [7, 11) is 0. The molecule has 0 saturated carbocycles. The van der Waals surface area contributed by atoms with Gasteiger partial charge in [-0.2, -0.15) is 0 Å². The lowest BCUT2D eigenvalue weighted by atomic mass is 10.1. The van der Waals surface area contributed by atoms with Gasteiger partial charge in [0.1, 0.15) is 5.01 Å². The van der Waals surface area contributed by atoms with Crippen LogP contribution in [0.15, 0.2) is 0 Å². The minimum atomic E-state index is -0.832. The van der Waals surface area contributed by atoms with Crippen LogP contribution in [0.25, 0.3) is 0 Å². The van der Waals surface area contributed by atoms with Crippen molar-refractivity contribution >= 4 is 17.2 Å². The van der Waals surface area contributed by atoms with Crippen LogP contribution in [-0.2, 0) is 11.3 Å². The molecule has 0 saturated heterocycles. The van der Waals surface area contributed by atoms with E-state index in [0.29, 0.717) is 6.54 Å². The molecule has 0 spiro atoms. The van der Waals surface area contributed by atoms with Crippen LogP contribution in [0.5, 0.6) is 0 Å². The number of nitrogens with one attached hydrogen (secondary N) is 1. The van der Waals surface area contributed by atoms with E-state index in [0.717, 1.165) is 10.7 Å². The van der Waals surface area contributed by atoms with Crippen LogP contribution >= 0.6 is 11.3 Å². The van der Waals surface area contributed by atoms with Crippen molar-refractivity contribution in [2.75, 3.05) is 0 Å². The molecular formula is C10H17N3OS. The molecule has 1 rings (SSSR count). The number of hydrogen-bond acceptors (Lipinski definition) is 4. The van der Waals surface area contributed by atoms with Crippen molar-refractivity contribution in [3.8, 4) is 0 Å². The van der Waals surface area contributed by atoms with Crippen molar-refractivity contribution in [1.82, 2.24) is 10.3 Å². The maximum atomic E-state index is 11.5. The molecule has 0 fully saturated rings. The van der Waals surface area contributed by atoms with E-state index in [4.69, 9.17) is 5.73 Å². The van der Waals surface area contributed by atoms with Crippen LogP contribution in [0.1, 0.15) is 29.4 Å². The Bertz CT molecular complexity index is 346. The first-order valence-corrected chi connectivity index (χ1v) is 5.62. The van der Waals surface area contributed by atoms with Gasteiger partial charge in [-0.1, -0.05) is 0 Å². The van der Waals surface area contributed by atoms with Crippen LogP contribution in [0.4, 0.5) is 0 Å². The van der Waals surface area contributed by atoms with Crippen molar-refractivity contribution in [2.24, 2.45) is 5.73 Å². The molecule has 0 unspecified atom stereocenters. The highest BCUT2D eigenvalue weighted by atomic mass is 32.1. The van der Waals surface area contributed by atoms with Gasteiger partial charge in [-0.05, 0) is 27.7 Å². The SMILES string of the molecule is Cc1nc(CNC(=O)C(C)(C)N)sc1C. The molecule has 0 aliphatic rings. The van der Waals surface area contributed by atoms with Crippen molar-refractivity contribution < 1.29 is 4.79 Å². The zero-order chi connectivity index (χ0) is 11.6. The number of carbonyl (C=O) groups is 1. The van der Waals surface area contributed by atoms with Crippen LogP contribution in [0.3, 0.4) is 0 Å². The number of nitrogens with two attached hydrogens (primary N) is 1. The third-order valence-corrected chi connectivity index (χ3v) is 3.13. The average molecular weight is 227 g/mol. The van der Waals surface area contributed by atoms with Crippen LogP contribution in [0, 0.1) is 13.8 Å². The highest BCUT2D eigenvalue weighted by Crippen LogP contribution is 2.16. The third kappa shape index (κ3) is 3.28. The summed E-state index contributed by atoms with van der Waals surface area (Å²) in [5.74, 6) is -0.159. The van der Waals surface area contributed by atoms with E-state index in [9.17, 15) is 4.79 Å². The Labute approximate surface area is 93.9 Å². The number of amides is 1. The number of thiazole rings is 1. The summed E-state index contributed by atoms with van der Waals surface area (Å²) in [5, 5.41) is 3.68. The largest absolute Gasteiger partial charge is 0.348 e. The average Bonchev–Trinajstić information content (AvgIpc) is 2.41. The van der Waals surface area contributed by atoms with Crippen LogP contribution < -0.4 is 11.1 Å². The number of aryl methyl sites for hydroxylation is 2. The van der Waals surface area contributed by atoms with Gasteiger partial charge in [-0.3, -0.25) is 4.79 Å². The molecule has 0 bridgehead atoms. The number of nitrogens with zero attached hydrogens (tertiary/aromatic N) is 1. The third-order valence-electron chi connectivity index (χ3n) is 2.06. The number of hydrogen-bond donors (Lipinski definition) is 2. The molecule has 0 aliphatic carbocycles. The van der Waals surface area contributed by atoms with Gasteiger partial charge in [0.05, 0.1) is 17.8 Å². The fourth-order valence-electron chi connectivity index (χ4n) is 0.998. The van der Waals surface area contributed by atoms with E-state index < -0.39 is 5.54 Å². The topological polar surface area (TPSA) is 68.0 Å². The Morgan fingerprint density at radius 3 is 2.53 bits per heavy atom. The first-order valence-electron chi connectivity index (χ1n) is 4.81. The normalized spacial score (nSPS) is 11.5. The molecule has 1 aromatic heterocycles. The molecular weight excluding hydrogens is 210 g/mol. The maximum absolute atomic E-state index is 11.5. The van der Waals surface area contributed by atoms with E-state index in [1.807, 2.05) is 13.8 Å². The molecule has 0 aromatic carbocycles. The lowest BCUT2D eigenvalue weighted by molar-refractivity contribution is -0.125. The summed E-state index contributed by atoms with van der Waals surface area (Å²) in [6, 6.07) is 0. The zero-order valence-corrected chi connectivity index (χ0v) is 10.4. The van der Waals surface area contributed by atoms with Gasteiger partial charge in [-0.25, -0.2) is 4.98 Å². The van der Waals surface area contributed by atoms with E-state index in [-0.39, 0.29) is 5.91 Å². The van der Waals surface area contributed by atoms with Gasteiger partial charge in [-0.15, -0.1) is 11.3 Å². The Kier molecular flexibility index (Phi) is 3.46. The van der Waals surface area contributed by atoms with E-state index in [1.165, 1.54) is 4.88 Å². The lowest BCUT2D eigenvalue weighted by Crippen LogP contribution is -2.48. The van der Waals surface area contributed by atoms with Gasteiger partial charge in [0.15, 0.2) is 0 Å². The first-order chi connectivity index (χ1) is 6.80. The molecule has 15 heavy (non-hydrogen) atoms. The smallest absolute Gasteiger partial charge is 0.239 e. The molecule has 4 nitrogen and oxygen atoms in total. The van der Waals surface area contributed by atoms with Gasteiger partial charge < -0.3 is 11.1 Å². The standard InChI is InChI=1S/C10H17N3OS/c1-6-7(2)15-8(13-6)5-12-9(14)10(3,4)11/h5,11H2,1-4H3,(H,12,14). The van der Waals surface area contributed by atoms with Crippen molar-refractivity contribution in [3.05, 3.63) is 15.6 Å². The van der Waals surface area contributed by atoms with E-state index in [1.54, 1.807) is 25.2 Å². The molecule has 1 aromatic rings. The van der Waals surface area contributed by atoms with Gasteiger partial charge in [0, 0.05) is 4.88 Å². The highest BCUT2D eigenvalue weighted by Gasteiger charge is 2.21. The predicted molar refractivity (Wildman–Crippen MR) is 61.7 cm³/mol. The van der Waals surface area contributed by atoms with E-state index in [2.05, 4.69) is 10.3 Å². The predicted octanol–water partition coefficient (Wildman–Crippen LogP) is 1.11. The van der Waals surface area contributed by atoms with Crippen molar-refractivity contribution in [3.63, 3.8) is 0 Å². The summed E-state index contributed by atoms with van der Waals surface area (Å²) in [6.07, 6.45) is 0. The quantitative estimate of drug-likeness (QED) is 0.813. The summed E-state index contributed by atoms with van der Waals surface area (Å²) in [4.78, 5) is 17.0. The summed E-state index contributed by atoms with van der Waals surface area (Å²) < 4.78 is 0. The zero-order valence-electron chi connectivity index (χ0n) is 9.55. The molecule has 1 amide bonds. The minimum absolute atomic E-state index is 0.159. The summed E-state index contributed by atoms with van der Waals surface area (Å²) in [6.45, 7) is 7.80. The summed E-state index contributed by atoms with van der Waals surface area (Å²) in [5.41, 5.74) is 5.84. The molecule has 0 radical (unpaired) electrons. The number of aromatic nitrogens is 1. The van der Waals surface area contributed by atoms with E-state index >= 15 is 0 Å². The van der Waals surface area contributed by atoms with Crippen molar-refractivity contribution in [2.45, 2.75) is 39.8 Å². The van der Waals surface area contributed by atoms with Gasteiger partial charge >= 0.3 is 0 Å². The summed E-state index contributed by atoms with van der Waals surface area (Å²) >= 11 is 1.60. The molecule has 0 aliphatic heterocycles. The Morgan fingerprint density at radius 2 is 2.13 bits per heavy atom. The molecule has 1 heterocycles. The Balaban J connectivity index is 2.55. The minimum Gasteiger partial charge on any atom is -0.348 e. The highest BCUT2D eigenvalue weighted by molar-refractivity contribution is 7.11. The van der Waals surface area contributed by atoms with Gasteiger partial charge in [0.25, 0.3) is 0 Å². The lowest BCUT2D eigenvalue weighted by Gasteiger charge is -2.16. The van der Waals surface area contributed by atoms with Crippen LogP contribution in [-0.4, -0.2) is 16.4 Å². The van der Waals surface area contributed by atoms with Crippen LogP contribution in [0.2, 0.25) is 0 Å².